The van der Waals surface area contributed by atoms with Crippen LogP contribution in [0.25, 0.3) is 5.65 Å². The standard InChI is InChI=1S/C12H17N5O3/c1-7-12(19,3-4-20-7)6-13-9-5-10-15-16-11(18)17(10)8(2)14-9/h5,7,13,19H,3-4,6H2,1-2H3,(H,16,18). The molecular formula is C12H17N5O3. The van der Waals surface area contributed by atoms with E-state index in [0.29, 0.717) is 36.9 Å². The Hall–Kier alpha value is -1.93. The van der Waals surface area contributed by atoms with Crippen molar-refractivity contribution in [2.45, 2.75) is 32.0 Å². The number of anilines is 1. The van der Waals surface area contributed by atoms with Crippen molar-refractivity contribution in [1.29, 1.82) is 0 Å². The lowest BCUT2D eigenvalue weighted by molar-refractivity contribution is -0.0176. The molecule has 8 heteroatoms. The smallest absolute Gasteiger partial charge is 0.349 e. The summed E-state index contributed by atoms with van der Waals surface area (Å²) in [5.74, 6) is 1.10. The van der Waals surface area contributed by atoms with Gasteiger partial charge in [0.1, 0.15) is 17.2 Å². The van der Waals surface area contributed by atoms with E-state index < -0.39 is 5.60 Å². The average Bonchev–Trinajstić information content (AvgIpc) is 2.93. The van der Waals surface area contributed by atoms with E-state index in [0.717, 1.165) is 0 Å². The highest BCUT2D eigenvalue weighted by atomic mass is 16.5. The van der Waals surface area contributed by atoms with Gasteiger partial charge in [0.25, 0.3) is 0 Å². The maximum Gasteiger partial charge on any atom is 0.349 e. The second-order valence-corrected chi connectivity index (χ2v) is 5.13. The zero-order chi connectivity index (χ0) is 14.3. The minimum atomic E-state index is -0.896. The van der Waals surface area contributed by atoms with Crippen molar-refractivity contribution in [1.82, 2.24) is 19.6 Å². The predicted molar refractivity (Wildman–Crippen MR) is 71.8 cm³/mol. The number of rotatable bonds is 3. The van der Waals surface area contributed by atoms with Crippen molar-refractivity contribution in [3.63, 3.8) is 0 Å². The molecule has 0 radical (unpaired) electrons. The Morgan fingerprint density at radius 3 is 3.20 bits per heavy atom. The Kier molecular flexibility index (Phi) is 2.98. The first kappa shape index (κ1) is 13.1. The fourth-order valence-corrected chi connectivity index (χ4v) is 2.43. The summed E-state index contributed by atoms with van der Waals surface area (Å²) in [6.45, 7) is 4.47. The van der Waals surface area contributed by atoms with Crippen LogP contribution < -0.4 is 11.0 Å². The first-order valence-corrected chi connectivity index (χ1v) is 6.52. The molecule has 3 heterocycles. The van der Waals surface area contributed by atoms with E-state index in [-0.39, 0.29) is 11.8 Å². The molecule has 1 aliphatic heterocycles. The van der Waals surface area contributed by atoms with Gasteiger partial charge in [0.05, 0.1) is 6.10 Å². The first-order chi connectivity index (χ1) is 9.49. The van der Waals surface area contributed by atoms with Crippen LogP contribution in [0.15, 0.2) is 10.9 Å². The summed E-state index contributed by atoms with van der Waals surface area (Å²) in [5.41, 5.74) is -0.715. The van der Waals surface area contributed by atoms with Crippen LogP contribution in [0.1, 0.15) is 19.2 Å². The van der Waals surface area contributed by atoms with Gasteiger partial charge in [0.2, 0.25) is 0 Å². The second kappa shape index (κ2) is 4.57. The number of H-pyrrole nitrogens is 1. The predicted octanol–water partition coefficient (Wildman–Crippen LogP) is -0.322. The zero-order valence-electron chi connectivity index (χ0n) is 11.4. The summed E-state index contributed by atoms with van der Waals surface area (Å²) in [6, 6.07) is 1.66. The number of nitrogens with zero attached hydrogens (tertiary/aromatic N) is 3. The molecule has 3 rings (SSSR count). The molecule has 1 aliphatic rings. The Morgan fingerprint density at radius 2 is 2.50 bits per heavy atom. The van der Waals surface area contributed by atoms with Gasteiger partial charge < -0.3 is 15.2 Å². The molecule has 1 saturated heterocycles. The van der Waals surface area contributed by atoms with E-state index in [1.165, 1.54) is 4.40 Å². The zero-order valence-corrected chi connectivity index (χ0v) is 11.4. The summed E-state index contributed by atoms with van der Waals surface area (Å²) in [7, 11) is 0. The molecule has 0 aliphatic carbocycles. The minimum absolute atomic E-state index is 0.215. The Balaban J connectivity index is 1.83. The van der Waals surface area contributed by atoms with Crippen molar-refractivity contribution in [2.24, 2.45) is 0 Å². The summed E-state index contributed by atoms with van der Waals surface area (Å²) in [6.07, 6.45) is 0.373. The molecule has 2 unspecified atom stereocenters. The Bertz CT molecular complexity index is 694. The van der Waals surface area contributed by atoms with Gasteiger partial charge in [-0.1, -0.05) is 0 Å². The lowest BCUT2D eigenvalue weighted by Crippen LogP contribution is -2.43. The molecule has 8 nitrogen and oxygen atoms in total. The largest absolute Gasteiger partial charge is 0.385 e. The van der Waals surface area contributed by atoms with Crippen LogP contribution in [0, 0.1) is 6.92 Å². The van der Waals surface area contributed by atoms with Crippen LogP contribution in [0.5, 0.6) is 0 Å². The van der Waals surface area contributed by atoms with E-state index in [1.54, 1.807) is 13.0 Å². The van der Waals surface area contributed by atoms with Crippen LogP contribution in [0.2, 0.25) is 0 Å². The number of hydrogen-bond acceptors (Lipinski definition) is 6. The molecule has 2 atom stereocenters. The SMILES string of the molecule is Cc1nc(NCC2(O)CCOC2C)cc2n[nH]c(=O)n12. The average molecular weight is 279 g/mol. The maximum absolute atomic E-state index is 11.5. The molecule has 0 bridgehead atoms. The van der Waals surface area contributed by atoms with Crippen molar-refractivity contribution in [3.05, 3.63) is 22.4 Å². The van der Waals surface area contributed by atoms with E-state index in [1.807, 2.05) is 6.92 Å². The number of aromatic amines is 1. The number of ether oxygens (including phenoxy) is 1. The molecule has 2 aromatic rings. The quantitative estimate of drug-likeness (QED) is 0.711. The number of aromatic nitrogens is 4. The third-order valence-electron chi connectivity index (χ3n) is 3.81. The van der Waals surface area contributed by atoms with Crippen LogP contribution >= 0.6 is 0 Å². The lowest BCUT2D eigenvalue weighted by Gasteiger charge is -2.26. The van der Waals surface area contributed by atoms with E-state index in [9.17, 15) is 9.90 Å². The van der Waals surface area contributed by atoms with Gasteiger partial charge in [0, 0.05) is 25.6 Å². The lowest BCUT2D eigenvalue weighted by atomic mass is 9.97. The summed E-state index contributed by atoms with van der Waals surface area (Å²) < 4.78 is 6.77. The molecular weight excluding hydrogens is 262 g/mol. The maximum atomic E-state index is 11.5. The van der Waals surface area contributed by atoms with Gasteiger partial charge in [-0.25, -0.2) is 19.3 Å². The van der Waals surface area contributed by atoms with Crippen LogP contribution in [-0.4, -0.2) is 49.5 Å². The minimum Gasteiger partial charge on any atom is -0.385 e. The summed E-state index contributed by atoms with van der Waals surface area (Å²) in [5, 5.41) is 19.8. The van der Waals surface area contributed by atoms with Gasteiger partial charge in [-0.3, -0.25) is 0 Å². The van der Waals surface area contributed by atoms with Crippen molar-refractivity contribution in [3.8, 4) is 0 Å². The van der Waals surface area contributed by atoms with Crippen molar-refractivity contribution < 1.29 is 9.84 Å². The van der Waals surface area contributed by atoms with Crippen LogP contribution in [0.3, 0.4) is 0 Å². The summed E-state index contributed by atoms with van der Waals surface area (Å²) >= 11 is 0. The Morgan fingerprint density at radius 1 is 1.70 bits per heavy atom. The number of aryl methyl sites for hydroxylation is 1. The van der Waals surface area contributed by atoms with Gasteiger partial charge in [-0.05, 0) is 13.8 Å². The third-order valence-corrected chi connectivity index (χ3v) is 3.81. The third kappa shape index (κ3) is 2.06. The summed E-state index contributed by atoms with van der Waals surface area (Å²) in [4.78, 5) is 15.8. The molecule has 0 amide bonds. The number of aliphatic hydroxyl groups is 1. The van der Waals surface area contributed by atoms with E-state index >= 15 is 0 Å². The van der Waals surface area contributed by atoms with Gasteiger partial charge in [-0.2, -0.15) is 5.10 Å². The molecule has 3 N–H and O–H groups in total. The van der Waals surface area contributed by atoms with Crippen LogP contribution in [0.4, 0.5) is 5.82 Å². The van der Waals surface area contributed by atoms with Crippen molar-refractivity contribution >= 4 is 11.5 Å². The Labute approximate surface area is 114 Å². The van der Waals surface area contributed by atoms with Crippen molar-refractivity contribution in [2.75, 3.05) is 18.5 Å². The second-order valence-electron chi connectivity index (χ2n) is 5.13. The van der Waals surface area contributed by atoms with Crippen LogP contribution in [-0.2, 0) is 4.74 Å². The molecule has 2 aromatic heterocycles. The molecule has 1 fully saturated rings. The number of fused-ring (bicyclic) bond motifs is 1. The normalized spacial score (nSPS) is 26.2. The van der Waals surface area contributed by atoms with Gasteiger partial charge >= 0.3 is 5.69 Å². The topological polar surface area (TPSA) is 105 Å². The van der Waals surface area contributed by atoms with E-state index in [4.69, 9.17) is 4.74 Å². The van der Waals surface area contributed by atoms with Gasteiger partial charge in [0.15, 0.2) is 5.65 Å². The molecule has 0 aromatic carbocycles. The highest BCUT2D eigenvalue weighted by molar-refractivity contribution is 5.49. The molecule has 0 spiro atoms. The molecule has 0 saturated carbocycles. The van der Waals surface area contributed by atoms with E-state index in [2.05, 4.69) is 20.5 Å². The molecule has 20 heavy (non-hydrogen) atoms. The van der Waals surface area contributed by atoms with Gasteiger partial charge in [-0.15, -0.1) is 0 Å². The fraction of sp³-hybridized carbons (Fsp3) is 0.583. The monoisotopic (exact) mass is 279 g/mol. The first-order valence-electron chi connectivity index (χ1n) is 6.52. The number of nitrogens with one attached hydrogen (secondary N) is 2. The fourth-order valence-electron chi connectivity index (χ4n) is 2.43. The number of hydrogen-bond donors (Lipinski definition) is 3. The highest BCUT2D eigenvalue weighted by Gasteiger charge is 2.39. The highest BCUT2D eigenvalue weighted by Crippen LogP contribution is 2.25. The molecule has 108 valence electrons.